The molecule has 0 unspecified atom stereocenters. The molecule has 9 heteroatoms. The molecule has 154 valence electrons. The highest BCUT2D eigenvalue weighted by atomic mass is 127. The molecular weight excluding hydrogens is 460 g/mol. The van der Waals surface area contributed by atoms with Crippen LogP contribution in [-0.4, -0.2) is 67.0 Å². The van der Waals surface area contributed by atoms with Crippen LogP contribution in [0.4, 0.5) is 13.2 Å². The Morgan fingerprint density at radius 1 is 1.23 bits per heavy atom. The Labute approximate surface area is 171 Å². The first-order chi connectivity index (χ1) is 11.8. The minimum atomic E-state index is -4.10. The van der Waals surface area contributed by atoms with Gasteiger partial charge in [0.25, 0.3) is 0 Å². The molecule has 2 aliphatic rings. The van der Waals surface area contributed by atoms with Crippen LogP contribution < -0.4 is 10.6 Å². The number of hydrogen-bond donors (Lipinski definition) is 3. The Morgan fingerprint density at radius 2 is 1.88 bits per heavy atom. The normalized spacial score (nSPS) is 21.7. The third kappa shape index (κ3) is 8.60. The van der Waals surface area contributed by atoms with Crippen LogP contribution in [-0.2, 0) is 0 Å². The highest BCUT2D eigenvalue weighted by Crippen LogP contribution is 2.31. The maximum Gasteiger partial charge on any atom is 0.401 e. The van der Waals surface area contributed by atoms with E-state index in [9.17, 15) is 18.3 Å². The van der Waals surface area contributed by atoms with Gasteiger partial charge >= 0.3 is 6.18 Å². The second-order valence-corrected chi connectivity index (χ2v) is 7.32. The summed E-state index contributed by atoms with van der Waals surface area (Å²) in [6, 6.07) is 0. The molecule has 26 heavy (non-hydrogen) atoms. The molecule has 5 nitrogen and oxygen atoms in total. The van der Waals surface area contributed by atoms with Crippen LogP contribution in [0.1, 0.15) is 45.4 Å². The summed E-state index contributed by atoms with van der Waals surface area (Å²) in [5, 5.41) is 16.6. The smallest absolute Gasteiger partial charge is 0.388 e. The van der Waals surface area contributed by atoms with Crippen molar-refractivity contribution in [2.24, 2.45) is 10.9 Å². The number of aliphatic hydroxyl groups is 1. The predicted molar refractivity (Wildman–Crippen MR) is 108 cm³/mol. The van der Waals surface area contributed by atoms with Gasteiger partial charge in [-0.2, -0.15) is 13.2 Å². The van der Waals surface area contributed by atoms with Gasteiger partial charge in [0, 0.05) is 13.1 Å². The molecule has 1 aliphatic carbocycles. The summed E-state index contributed by atoms with van der Waals surface area (Å²) in [4.78, 5) is 5.95. The summed E-state index contributed by atoms with van der Waals surface area (Å²) < 4.78 is 37.2. The van der Waals surface area contributed by atoms with Crippen LogP contribution in [0.2, 0.25) is 0 Å². The zero-order valence-electron chi connectivity index (χ0n) is 15.4. The molecule has 0 aromatic carbocycles. The minimum absolute atomic E-state index is 0. The molecule has 2 fully saturated rings. The van der Waals surface area contributed by atoms with E-state index < -0.39 is 18.3 Å². The van der Waals surface area contributed by atoms with Crippen molar-refractivity contribution >= 4 is 29.9 Å². The fourth-order valence-corrected chi connectivity index (χ4v) is 3.39. The van der Waals surface area contributed by atoms with Gasteiger partial charge in [0.2, 0.25) is 0 Å². The fourth-order valence-electron chi connectivity index (χ4n) is 3.39. The van der Waals surface area contributed by atoms with Gasteiger partial charge in [0.15, 0.2) is 5.96 Å². The molecular formula is C17H32F3IN4O. The highest BCUT2D eigenvalue weighted by molar-refractivity contribution is 14.0. The third-order valence-electron chi connectivity index (χ3n) is 5.12. The van der Waals surface area contributed by atoms with Gasteiger partial charge in [-0.05, 0) is 64.5 Å². The summed E-state index contributed by atoms with van der Waals surface area (Å²) >= 11 is 0. The maximum absolute atomic E-state index is 12.4. The number of alkyl halides is 3. The van der Waals surface area contributed by atoms with Gasteiger partial charge < -0.3 is 15.7 Å². The highest BCUT2D eigenvalue weighted by Gasteiger charge is 2.34. The van der Waals surface area contributed by atoms with Crippen LogP contribution in [0.5, 0.6) is 0 Å². The van der Waals surface area contributed by atoms with E-state index >= 15 is 0 Å². The summed E-state index contributed by atoms with van der Waals surface area (Å²) in [5.41, 5.74) is -0.631. The monoisotopic (exact) mass is 492 g/mol. The van der Waals surface area contributed by atoms with Crippen molar-refractivity contribution in [2.75, 3.05) is 39.3 Å². The summed E-state index contributed by atoms with van der Waals surface area (Å²) in [7, 11) is 0. The van der Waals surface area contributed by atoms with E-state index in [1.165, 1.54) is 4.90 Å². The number of hydrogen-bond acceptors (Lipinski definition) is 3. The van der Waals surface area contributed by atoms with Gasteiger partial charge in [0.05, 0.1) is 18.7 Å². The maximum atomic E-state index is 12.4. The van der Waals surface area contributed by atoms with Crippen molar-refractivity contribution in [3.63, 3.8) is 0 Å². The molecule has 1 saturated carbocycles. The van der Waals surface area contributed by atoms with Crippen molar-refractivity contribution in [1.29, 1.82) is 0 Å². The number of aliphatic imine (C=N–C) groups is 1. The topological polar surface area (TPSA) is 59.9 Å². The number of likely N-dealkylation sites (tertiary alicyclic amines) is 1. The van der Waals surface area contributed by atoms with E-state index in [0.29, 0.717) is 31.5 Å². The quantitative estimate of drug-likeness (QED) is 0.291. The van der Waals surface area contributed by atoms with Crippen LogP contribution in [0.3, 0.4) is 0 Å². The van der Waals surface area contributed by atoms with Crippen LogP contribution in [0.25, 0.3) is 0 Å². The molecule has 0 atom stereocenters. The molecule has 0 aromatic rings. The molecule has 3 N–H and O–H groups in total. The molecule has 0 radical (unpaired) electrons. The van der Waals surface area contributed by atoms with Crippen molar-refractivity contribution in [1.82, 2.24) is 15.5 Å². The van der Waals surface area contributed by atoms with E-state index in [0.717, 1.165) is 51.6 Å². The number of guanidine groups is 1. The molecule has 0 aromatic heterocycles. The number of nitrogens with one attached hydrogen (secondary N) is 2. The van der Waals surface area contributed by atoms with Crippen LogP contribution in [0.15, 0.2) is 4.99 Å². The number of rotatable bonds is 7. The molecule has 0 bridgehead atoms. The molecule has 2 rings (SSSR count). The Bertz CT molecular complexity index is 436. The lowest BCUT2D eigenvalue weighted by atomic mass is 9.80. The third-order valence-corrected chi connectivity index (χ3v) is 5.12. The second-order valence-electron chi connectivity index (χ2n) is 7.32. The SMILES string of the molecule is CCNC(=NCC1(O)CCC1)NCCC1CCN(CC(F)(F)F)CC1.I. The Hall–Kier alpha value is -0.290. The van der Waals surface area contributed by atoms with Gasteiger partial charge in [-0.3, -0.25) is 9.89 Å². The van der Waals surface area contributed by atoms with E-state index in [4.69, 9.17) is 0 Å². The zero-order valence-corrected chi connectivity index (χ0v) is 17.8. The van der Waals surface area contributed by atoms with E-state index in [1.807, 2.05) is 6.92 Å². The summed E-state index contributed by atoms with van der Waals surface area (Å²) in [5.74, 6) is 1.16. The number of piperidine rings is 1. The van der Waals surface area contributed by atoms with E-state index in [-0.39, 0.29) is 24.0 Å². The van der Waals surface area contributed by atoms with Gasteiger partial charge in [-0.15, -0.1) is 24.0 Å². The van der Waals surface area contributed by atoms with Gasteiger partial charge in [-0.25, -0.2) is 0 Å². The van der Waals surface area contributed by atoms with Gasteiger partial charge in [-0.1, -0.05) is 0 Å². The lowest BCUT2D eigenvalue weighted by molar-refractivity contribution is -0.148. The standard InChI is InChI=1S/C17H31F3N4O.HI/c1-2-21-15(23-12-16(25)7-3-8-16)22-9-4-14-5-10-24(11-6-14)13-17(18,19)20;/h14,25H,2-13H2,1H3,(H2,21,22,23);1H. The minimum Gasteiger partial charge on any atom is -0.388 e. The lowest BCUT2D eigenvalue weighted by Gasteiger charge is -2.35. The molecule has 1 heterocycles. The molecule has 1 saturated heterocycles. The average Bonchev–Trinajstić information content (AvgIpc) is 2.51. The van der Waals surface area contributed by atoms with Crippen molar-refractivity contribution in [3.8, 4) is 0 Å². The van der Waals surface area contributed by atoms with Crippen molar-refractivity contribution in [2.45, 2.75) is 57.2 Å². The largest absolute Gasteiger partial charge is 0.401 e. The van der Waals surface area contributed by atoms with Gasteiger partial charge in [0.1, 0.15) is 0 Å². The molecule has 0 amide bonds. The van der Waals surface area contributed by atoms with E-state index in [2.05, 4.69) is 15.6 Å². The Balaban J connectivity index is 0.00000338. The number of halogens is 4. The first-order valence-corrected chi connectivity index (χ1v) is 9.33. The lowest BCUT2D eigenvalue weighted by Crippen LogP contribution is -2.44. The zero-order chi connectivity index (χ0) is 18.3. The fraction of sp³-hybridized carbons (Fsp3) is 0.941. The van der Waals surface area contributed by atoms with Crippen molar-refractivity contribution in [3.05, 3.63) is 0 Å². The summed E-state index contributed by atoms with van der Waals surface area (Å²) in [6.45, 7) is 4.15. The second kappa shape index (κ2) is 10.9. The average molecular weight is 492 g/mol. The molecule has 0 spiro atoms. The first-order valence-electron chi connectivity index (χ1n) is 9.33. The Morgan fingerprint density at radius 3 is 2.38 bits per heavy atom. The number of nitrogens with zero attached hydrogens (tertiary/aromatic N) is 2. The van der Waals surface area contributed by atoms with E-state index in [1.54, 1.807) is 0 Å². The van der Waals surface area contributed by atoms with Crippen LogP contribution >= 0.6 is 24.0 Å². The molecule has 1 aliphatic heterocycles. The first kappa shape index (κ1) is 23.7. The van der Waals surface area contributed by atoms with Crippen molar-refractivity contribution < 1.29 is 18.3 Å². The summed E-state index contributed by atoms with van der Waals surface area (Å²) in [6.07, 6.45) is 1.13. The Kier molecular flexibility index (Phi) is 9.95. The predicted octanol–water partition coefficient (Wildman–Crippen LogP) is 2.74. The van der Waals surface area contributed by atoms with Crippen LogP contribution in [0, 0.1) is 5.92 Å².